The molecule has 0 bridgehead atoms. The van der Waals surface area contributed by atoms with E-state index in [1.807, 2.05) is 5.01 Å². The number of hydrazine groups is 1. The number of nitrogens with one attached hydrogen (secondary N) is 2. The summed E-state index contributed by atoms with van der Waals surface area (Å²) in [6.45, 7) is 4.03. The van der Waals surface area contributed by atoms with Crippen molar-refractivity contribution < 1.29 is 13.2 Å². The minimum absolute atomic E-state index is 0.211. The van der Waals surface area contributed by atoms with Crippen LogP contribution in [0.25, 0.3) is 0 Å². The van der Waals surface area contributed by atoms with Crippen molar-refractivity contribution in [2.75, 3.05) is 23.4 Å². The number of alkyl halides is 3. The second-order valence-electron chi connectivity index (χ2n) is 6.28. The first-order chi connectivity index (χ1) is 12.0. The molecule has 2 aliphatic rings. The van der Waals surface area contributed by atoms with E-state index in [4.69, 9.17) is 0 Å². The molecular formula is C17H18F3N5. The summed E-state index contributed by atoms with van der Waals surface area (Å²) in [5, 5.41) is 5.18. The van der Waals surface area contributed by atoms with E-state index in [-0.39, 0.29) is 5.92 Å². The number of aromatic nitrogens is 2. The number of nitrogens with zero attached hydrogens (tertiary/aromatic N) is 3. The highest BCUT2D eigenvalue weighted by molar-refractivity contribution is 5.64. The lowest BCUT2D eigenvalue weighted by Gasteiger charge is -2.18. The number of hydrogen-bond donors (Lipinski definition) is 2. The standard InChI is InChI=1S/C17H18F3N5/c1-2-5-25-16-13(8-24-25)15(22-9-23-16)12-7-21-14-4-3-10(6-11(12)14)17(18,19)20/h3-4,6,9,12,21,24H,2,5,7-8H2,1H3. The fraction of sp³-hybridized carbons (Fsp3) is 0.412. The molecule has 0 fully saturated rings. The van der Waals surface area contributed by atoms with E-state index in [0.29, 0.717) is 18.7 Å². The summed E-state index contributed by atoms with van der Waals surface area (Å²) in [6.07, 6.45) is -1.89. The second kappa shape index (κ2) is 5.87. The van der Waals surface area contributed by atoms with Crippen LogP contribution in [0, 0.1) is 0 Å². The molecule has 0 aliphatic carbocycles. The maximum absolute atomic E-state index is 13.1. The predicted molar refractivity (Wildman–Crippen MR) is 88.3 cm³/mol. The summed E-state index contributed by atoms with van der Waals surface area (Å²) >= 11 is 0. The Kier molecular flexibility index (Phi) is 3.79. The fourth-order valence-corrected chi connectivity index (χ4v) is 3.53. The van der Waals surface area contributed by atoms with Crippen LogP contribution in [0.3, 0.4) is 0 Å². The Balaban J connectivity index is 1.75. The van der Waals surface area contributed by atoms with Crippen LogP contribution >= 0.6 is 0 Å². The molecule has 1 atom stereocenters. The first kappa shape index (κ1) is 16.1. The van der Waals surface area contributed by atoms with Gasteiger partial charge in [0.15, 0.2) is 5.82 Å². The molecule has 8 heteroatoms. The molecule has 0 saturated carbocycles. The molecule has 0 amide bonds. The van der Waals surface area contributed by atoms with E-state index in [2.05, 4.69) is 27.6 Å². The minimum Gasteiger partial charge on any atom is -0.384 e. The first-order valence-electron chi connectivity index (χ1n) is 8.29. The largest absolute Gasteiger partial charge is 0.416 e. The zero-order valence-electron chi connectivity index (χ0n) is 13.7. The SMILES string of the molecule is CCCN1NCc2c(C3CNc4ccc(C(F)(F)F)cc43)ncnc21. The molecule has 3 heterocycles. The van der Waals surface area contributed by atoms with Crippen LogP contribution in [0.2, 0.25) is 0 Å². The number of fused-ring (bicyclic) bond motifs is 2. The molecule has 1 unspecified atom stereocenters. The van der Waals surface area contributed by atoms with Gasteiger partial charge in [-0.1, -0.05) is 6.92 Å². The van der Waals surface area contributed by atoms with Crippen molar-refractivity contribution >= 4 is 11.5 Å². The molecule has 0 saturated heterocycles. The third-order valence-electron chi connectivity index (χ3n) is 4.69. The maximum Gasteiger partial charge on any atom is 0.416 e. The molecule has 1 aromatic carbocycles. The van der Waals surface area contributed by atoms with Crippen molar-refractivity contribution in [1.82, 2.24) is 15.4 Å². The Morgan fingerprint density at radius 3 is 2.88 bits per heavy atom. The van der Waals surface area contributed by atoms with Crippen LogP contribution in [0.15, 0.2) is 24.5 Å². The predicted octanol–water partition coefficient (Wildman–Crippen LogP) is 3.29. The molecule has 4 rings (SSSR count). The van der Waals surface area contributed by atoms with Gasteiger partial charge in [-0.3, -0.25) is 5.01 Å². The van der Waals surface area contributed by atoms with E-state index >= 15 is 0 Å². The fourth-order valence-electron chi connectivity index (χ4n) is 3.53. The van der Waals surface area contributed by atoms with E-state index in [0.717, 1.165) is 41.8 Å². The molecule has 5 nitrogen and oxygen atoms in total. The highest BCUT2D eigenvalue weighted by Crippen LogP contribution is 2.41. The summed E-state index contributed by atoms with van der Waals surface area (Å²) in [6, 6.07) is 3.85. The van der Waals surface area contributed by atoms with Gasteiger partial charge >= 0.3 is 6.18 Å². The zero-order chi connectivity index (χ0) is 17.6. The maximum atomic E-state index is 13.1. The van der Waals surface area contributed by atoms with Crippen molar-refractivity contribution in [2.45, 2.75) is 32.0 Å². The highest BCUT2D eigenvalue weighted by Gasteiger charge is 2.35. The first-order valence-corrected chi connectivity index (χ1v) is 8.29. The lowest BCUT2D eigenvalue weighted by molar-refractivity contribution is -0.137. The van der Waals surface area contributed by atoms with E-state index in [9.17, 15) is 13.2 Å². The summed E-state index contributed by atoms with van der Waals surface area (Å²) in [5.74, 6) is 0.615. The van der Waals surface area contributed by atoms with Gasteiger partial charge in [0, 0.05) is 36.8 Å². The molecule has 132 valence electrons. The molecule has 2 N–H and O–H groups in total. The van der Waals surface area contributed by atoms with Gasteiger partial charge in [0.25, 0.3) is 0 Å². The molecule has 0 radical (unpaired) electrons. The zero-order valence-corrected chi connectivity index (χ0v) is 13.7. The Morgan fingerprint density at radius 2 is 2.12 bits per heavy atom. The summed E-state index contributed by atoms with van der Waals surface area (Å²) in [4.78, 5) is 8.77. The number of rotatable bonds is 3. The van der Waals surface area contributed by atoms with Gasteiger partial charge in [-0.2, -0.15) is 13.2 Å². The molecule has 2 aromatic rings. The molecule has 25 heavy (non-hydrogen) atoms. The summed E-state index contributed by atoms with van der Waals surface area (Å²) < 4.78 is 39.2. The van der Waals surface area contributed by atoms with Gasteiger partial charge < -0.3 is 5.32 Å². The van der Waals surface area contributed by atoms with Gasteiger partial charge in [-0.15, -0.1) is 0 Å². The van der Waals surface area contributed by atoms with Crippen LogP contribution in [-0.4, -0.2) is 23.1 Å². The Hall–Kier alpha value is -2.35. The third kappa shape index (κ3) is 2.70. The van der Waals surface area contributed by atoms with Crippen LogP contribution in [0.1, 0.15) is 41.6 Å². The minimum atomic E-state index is -4.35. The average Bonchev–Trinajstić information content (AvgIpc) is 3.18. The van der Waals surface area contributed by atoms with Gasteiger partial charge in [0.05, 0.1) is 11.3 Å². The van der Waals surface area contributed by atoms with E-state index in [1.54, 1.807) is 0 Å². The Labute approximate surface area is 143 Å². The van der Waals surface area contributed by atoms with Crippen LogP contribution < -0.4 is 15.8 Å². The topological polar surface area (TPSA) is 53.1 Å². The Bertz CT molecular complexity index is 805. The second-order valence-corrected chi connectivity index (χ2v) is 6.28. The van der Waals surface area contributed by atoms with Crippen molar-refractivity contribution in [3.63, 3.8) is 0 Å². The Morgan fingerprint density at radius 1 is 1.28 bits per heavy atom. The van der Waals surface area contributed by atoms with Gasteiger partial charge in [-0.25, -0.2) is 15.4 Å². The van der Waals surface area contributed by atoms with E-state index < -0.39 is 11.7 Å². The lowest BCUT2D eigenvalue weighted by atomic mass is 9.93. The van der Waals surface area contributed by atoms with Gasteiger partial charge in [-0.05, 0) is 30.2 Å². The molecular weight excluding hydrogens is 331 g/mol. The smallest absolute Gasteiger partial charge is 0.384 e. The van der Waals surface area contributed by atoms with E-state index in [1.165, 1.54) is 18.5 Å². The number of anilines is 2. The van der Waals surface area contributed by atoms with Crippen molar-refractivity contribution in [2.24, 2.45) is 0 Å². The normalized spacial score (nSPS) is 18.9. The van der Waals surface area contributed by atoms with Crippen molar-refractivity contribution in [3.05, 3.63) is 46.9 Å². The van der Waals surface area contributed by atoms with Crippen LogP contribution in [-0.2, 0) is 12.7 Å². The van der Waals surface area contributed by atoms with Gasteiger partial charge in [0.1, 0.15) is 6.33 Å². The number of benzene rings is 1. The van der Waals surface area contributed by atoms with Gasteiger partial charge in [0.2, 0.25) is 0 Å². The summed E-state index contributed by atoms with van der Waals surface area (Å²) in [7, 11) is 0. The van der Waals surface area contributed by atoms with Crippen LogP contribution in [0.5, 0.6) is 0 Å². The molecule has 0 spiro atoms. The summed E-state index contributed by atoms with van der Waals surface area (Å²) in [5.41, 5.74) is 5.79. The highest BCUT2D eigenvalue weighted by atomic mass is 19.4. The lowest BCUT2D eigenvalue weighted by Crippen LogP contribution is -2.32. The number of halogens is 3. The average molecular weight is 349 g/mol. The quantitative estimate of drug-likeness (QED) is 0.891. The van der Waals surface area contributed by atoms with Crippen LogP contribution in [0.4, 0.5) is 24.7 Å². The molecule has 2 aliphatic heterocycles. The molecule has 1 aromatic heterocycles. The third-order valence-corrected chi connectivity index (χ3v) is 4.69. The number of hydrogen-bond acceptors (Lipinski definition) is 5. The monoisotopic (exact) mass is 349 g/mol. The van der Waals surface area contributed by atoms with Crippen molar-refractivity contribution in [1.29, 1.82) is 0 Å². The van der Waals surface area contributed by atoms with Crippen molar-refractivity contribution in [3.8, 4) is 0 Å².